The lowest BCUT2D eigenvalue weighted by Crippen LogP contribution is -2.35. The third-order valence-corrected chi connectivity index (χ3v) is 4.36. The lowest BCUT2D eigenvalue weighted by Gasteiger charge is -2.11. The van der Waals surface area contributed by atoms with Crippen LogP contribution in [0.3, 0.4) is 0 Å². The Hall–Kier alpha value is -3.27. The Kier molecular flexibility index (Phi) is 5.99. The van der Waals surface area contributed by atoms with Crippen LogP contribution in [0.25, 0.3) is 11.4 Å². The maximum atomic E-state index is 12.1. The molecular weight excluding hydrogens is 426 g/mol. The van der Waals surface area contributed by atoms with Gasteiger partial charge in [0.15, 0.2) is 5.82 Å². The van der Waals surface area contributed by atoms with Gasteiger partial charge in [0.05, 0.1) is 6.54 Å². The first-order valence-electron chi connectivity index (χ1n) is 8.36. The second-order valence-corrected chi connectivity index (χ2v) is 6.94. The van der Waals surface area contributed by atoms with E-state index >= 15 is 0 Å². The van der Waals surface area contributed by atoms with E-state index in [1.165, 1.54) is 4.68 Å². The minimum atomic E-state index is -0.490. The maximum Gasteiger partial charge on any atom is 0.319 e. The molecule has 144 valence electrons. The summed E-state index contributed by atoms with van der Waals surface area (Å²) in [6.07, 6.45) is 0. The summed E-state index contributed by atoms with van der Waals surface area (Å²) < 4.78 is 2.47. The van der Waals surface area contributed by atoms with Gasteiger partial charge in [-0.25, -0.2) is 9.48 Å². The quantitative estimate of drug-likeness (QED) is 0.560. The molecule has 10 heteroatoms. The fourth-order valence-electron chi connectivity index (χ4n) is 2.51. The minimum absolute atomic E-state index is 0.158. The van der Waals surface area contributed by atoms with E-state index in [9.17, 15) is 9.59 Å². The molecule has 9 nitrogen and oxygen atoms in total. The predicted molar refractivity (Wildman–Crippen MR) is 109 cm³/mol. The van der Waals surface area contributed by atoms with Crippen LogP contribution in [0.5, 0.6) is 0 Å². The lowest BCUT2D eigenvalue weighted by atomic mass is 10.2. The summed E-state index contributed by atoms with van der Waals surface area (Å²) >= 11 is 3.38. The Morgan fingerprint density at radius 2 is 1.96 bits per heavy atom. The number of urea groups is 1. The van der Waals surface area contributed by atoms with Gasteiger partial charge >= 0.3 is 6.03 Å². The number of carbonyl (C=O) groups excluding carboxylic acids is 2. The highest BCUT2D eigenvalue weighted by molar-refractivity contribution is 9.10. The molecule has 3 rings (SSSR count). The summed E-state index contributed by atoms with van der Waals surface area (Å²) in [7, 11) is 1.73. The van der Waals surface area contributed by atoms with Crippen LogP contribution in [0.4, 0.5) is 16.2 Å². The summed E-state index contributed by atoms with van der Waals surface area (Å²) in [4.78, 5) is 24.2. The van der Waals surface area contributed by atoms with Crippen LogP contribution >= 0.6 is 15.9 Å². The molecule has 3 N–H and O–H groups in total. The molecular formula is C18H18BrN7O2. The standard InChI is InChI=1S/C18H18BrN7O2/c1-11-8-13(19)6-7-15(11)22-16(27)10-20-18(28)21-14-5-3-4-12(9-14)17-23-24-25-26(17)2/h3-9H,10H2,1-2H3,(H,22,27)(H2,20,21,28). The number of hydrogen-bond acceptors (Lipinski definition) is 5. The largest absolute Gasteiger partial charge is 0.329 e. The molecule has 1 aromatic heterocycles. The number of anilines is 2. The van der Waals surface area contributed by atoms with Crippen molar-refractivity contribution in [2.75, 3.05) is 17.2 Å². The molecule has 0 unspecified atom stereocenters. The van der Waals surface area contributed by atoms with Gasteiger partial charge in [0.25, 0.3) is 0 Å². The topological polar surface area (TPSA) is 114 Å². The van der Waals surface area contributed by atoms with Crippen LogP contribution < -0.4 is 16.0 Å². The first-order valence-corrected chi connectivity index (χ1v) is 9.15. The van der Waals surface area contributed by atoms with E-state index in [1.807, 2.05) is 25.1 Å². The van der Waals surface area contributed by atoms with E-state index in [0.29, 0.717) is 17.2 Å². The fourth-order valence-corrected chi connectivity index (χ4v) is 2.98. The molecule has 0 saturated carbocycles. The first-order chi connectivity index (χ1) is 13.4. The number of rotatable bonds is 5. The predicted octanol–water partition coefficient (Wildman–Crippen LogP) is 2.71. The summed E-state index contributed by atoms with van der Waals surface area (Å²) in [6, 6.07) is 12.1. The molecule has 0 saturated heterocycles. The van der Waals surface area contributed by atoms with Crippen molar-refractivity contribution < 1.29 is 9.59 Å². The molecule has 0 aliphatic carbocycles. The molecule has 0 aliphatic heterocycles. The normalized spacial score (nSPS) is 10.4. The Bertz CT molecular complexity index is 1020. The van der Waals surface area contributed by atoms with Gasteiger partial charge in [-0.2, -0.15) is 0 Å². The van der Waals surface area contributed by atoms with Crippen molar-refractivity contribution in [2.45, 2.75) is 6.92 Å². The van der Waals surface area contributed by atoms with E-state index < -0.39 is 6.03 Å². The molecule has 2 aromatic carbocycles. The number of aryl methyl sites for hydroxylation is 2. The zero-order valence-corrected chi connectivity index (χ0v) is 16.8. The zero-order chi connectivity index (χ0) is 20.1. The van der Waals surface area contributed by atoms with E-state index in [-0.39, 0.29) is 12.5 Å². The third kappa shape index (κ3) is 4.92. The van der Waals surface area contributed by atoms with Crippen molar-refractivity contribution in [3.63, 3.8) is 0 Å². The highest BCUT2D eigenvalue weighted by atomic mass is 79.9. The van der Waals surface area contributed by atoms with Crippen LogP contribution in [0.2, 0.25) is 0 Å². The molecule has 0 aliphatic rings. The van der Waals surface area contributed by atoms with Gasteiger partial charge in [0, 0.05) is 28.5 Å². The lowest BCUT2D eigenvalue weighted by molar-refractivity contribution is -0.115. The van der Waals surface area contributed by atoms with Gasteiger partial charge in [-0.3, -0.25) is 4.79 Å². The monoisotopic (exact) mass is 443 g/mol. The number of tetrazole rings is 1. The number of nitrogens with zero attached hydrogens (tertiary/aromatic N) is 4. The molecule has 3 amide bonds. The van der Waals surface area contributed by atoms with Crippen LogP contribution in [0.1, 0.15) is 5.56 Å². The second-order valence-electron chi connectivity index (χ2n) is 6.02. The van der Waals surface area contributed by atoms with Crippen LogP contribution in [-0.2, 0) is 11.8 Å². The third-order valence-electron chi connectivity index (χ3n) is 3.87. The summed E-state index contributed by atoms with van der Waals surface area (Å²) in [6.45, 7) is 1.73. The van der Waals surface area contributed by atoms with Crippen molar-refractivity contribution in [3.05, 3.63) is 52.5 Å². The highest BCUT2D eigenvalue weighted by Gasteiger charge is 2.10. The van der Waals surface area contributed by atoms with E-state index in [2.05, 4.69) is 47.4 Å². The molecule has 0 fully saturated rings. The van der Waals surface area contributed by atoms with Crippen molar-refractivity contribution in [1.82, 2.24) is 25.5 Å². The molecule has 0 spiro atoms. The van der Waals surface area contributed by atoms with Gasteiger partial charge in [-0.1, -0.05) is 28.1 Å². The van der Waals surface area contributed by atoms with Crippen LogP contribution in [0.15, 0.2) is 46.9 Å². The average Bonchev–Trinajstić information content (AvgIpc) is 3.09. The number of aromatic nitrogens is 4. The van der Waals surface area contributed by atoms with Gasteiger partial charge in [-0.15, -0.1) is 5.10 Å². The van der Waals surface area contributed by atoms with Crippen molar-refractivity contribution in [1.29, 1.82) is 0 Å². The number of carbonyl (C=O) groups is 2. The second kappa shape index (κ2) is 8.61. The maximum absolute atomic E-state index is 12.1. The summed E-state index contributed by atoms with van der Waals surface area (Å²) in [5, 5.41) is 19.3. The molecule has 1 heterocycles. The van der Waals surface area contributed by atoms with E-state index in [1.54, 1.807) is 31.3 Å². The Balaban J connectivity index is 1.54. The molecule has 3 aromatic rings. The Morgan fingerprint density at radius 3 is 2.68 bits per heavy atom. The van der Waals surface area contributed by atoms with E-state index in [4.69, 9.17) is 0 Å². The Labute approximate surface area is 169 Å². The van der Waals surface area contributed by atoms with Crippen LogP contribution in [0, 0.1) is 6.92 Å². The number of nitrogens with one attached hydrogen (secondary N) is 3. The van der Waals surface area contributed by atoms with Gasteiger partial charge < -0.3 is 16.0 Å². The molecule has 0 radical (unpaired) electrons. The van der Waals surface area contributed by atoms with Crippen molar-refractivity contribution in [2.24, 2.45) is 7.05 Å². The SMILES string of the molecule is Cc1cc(Br)ccc1NC(=O)CNC(=O)Nc1cccc(-c2nnnn2C)c1. The molecule has 0 atom stereocenters. The Morgan fingerprint density at radius 1 is 1.14 bits per heavy atom. The summed E-state index contributed by atoms with van der Waals surface area (Å²) in [5.74, 6) is 0.257. The summed E-state index contributed by atoms with van der Waals surface area (Å²) in [5.41, 5.74) is 2.93. The van der Waals surface area contributed by atoms with Gasteiger partial charge in [0.2, 0.25) is 5.91 Å². The van der Waals surface area contributed by atoms with Crippen LogP contribution in [-0.4, -0.2) is 38.7 Å². The molecule has 28 heavy (non-hydrogen) atoms. The fraction of sp³-hybridized carbons (Fsp3) is 0.167. The van der Waals surface area contributed by atoms with Crippen molar-refractivity contribution >= 4 is 39.2 Å². The smallest absolute Gasteiger partial charge is 0.319 e. The van der Waals surface area contributed by atoms with E-state index in [0.717, 1.165) is 15.6 Å². The number of amides is 3. The average molecular weight is 444 g/mol. The number of halogens is 1. The number of hydrogen-bond donors (Lipinski definition) is 3. The highest BCUT2D eigenvalue weighted by Crippen LogP contribution is 2.20. The number of benzene rings is 2. The van der Waals surface area contributed by atoms with Gasteiger partial charge in [0.1, 0.15) is 0 Å². The van der Waals surface area contributed by atoms with Gasteiger partial charge in [-0.05, 0) is 53.2 Å². The van der Waals surface area contributed by atoms with Crippen molar-refractivity contribution in [3.8, 4) is 11.4 Å². The minimum Gasteiger partial charge on any atom is -0.329 e. The zero-order valence-electron chi connectivity index (χ0n) is 15.2. The first kappa shape index (κ1) is 19.5. The molecule has 0 bridgehead atoms.